The van der Waals surface area contributed by atoms with Crippen LogP contribution >= 0.6 is 0 Å². The molecule has 0 spiro atoms. The molecule has 0 atom stereocenters. The van der Waals surface area contributed by atoms with Gasteiger partial charge in [0.1, 0.15) is 0 Å². The lowest BCUT2D eigenvalue weighted by Crippen LogP contribution is -2.61. The lowest BCUT2D eigenvalue weighted by molar-refractivity contribution is 0.587. The maximum absolute atomic E-state index is 2.61. The van der Waals surface area contributed by atoms with Gasteiger partial charge in [0.05, 0.1) is 5.69 Å². The number of para-hydroxylation sites is 2. The summed E-state index contributed by atoms with van der Waals surface area (Å²) in [5.74, 6) is 0. The second kappa shape index (κ2) is 22.4. The highest BCUT2D eigenvalue weighted by Gasteiger charge is 2.46. The number of hydrogen-bond donors (Lipinski definition) is 0. The fourth-order valence-electron chi connectivity index (χ4n) is 14.6. The Balaban J connectivity index is 1.16. The van der Waals surface area contributed by atoms with Crippen molar-refractivity contribution in [2.24, 2.45) is 0 Å². The summed E-state index contributed by atoms with van der Waals surface area (Å²) in [5.41, 5.74) is 25.5. The average Bonchev–Trinajstić information content (AvgIpc) is 0.696. The molecule has 11 aromatic carbocycles. The summed E-state index contributed by atoms with van der Waals surface area (Å²) in [4.78, 5) is 7.83. The Labute approximate surface area is 537 Å². The number of nitrogens with zero attached hydrogens (tertiary/aromatic N) is 3. The van der Waals surface area contributed by atoms with E-state index in [0.29, 0.717) is 0 Å². The number of rotatable bonds is 13. The molecule has 448 valence electrons. The molecule has 90 heavy (non-hydrogen) atoms. The van der Waals surface area contributed by atoms with Gasteiger partial charge in [-0.1, -0.05) is 303 Å². The highest BCUT2D eigenvalue weighted by molar-refractivity contribution is 7.00. The van der Waals surface area contributed by atoms with Crippen molar-refractivity contribution in [2.45, 2.75) is 129 Å². The van der Waals surface area contributed by atoms with Crippen molar-refractivity contribution in [1.29, 1.82) is 0 Å². The summed E-state index contributed by atoms with van der Waals surface area (Å²) >= 11 is 0. The van der Waals surface area contributed by atoms with Crippen molar-refractivity contribution < 1.29 is 0 Å². The molecule has 0 amide bonds. The van der Waals surface area contributed by atoms with Crippen LogP contribution in [-0.2, 0) is 32.5 Å². The predicted molar refractivity (Wildman–Crippen MR) is 387 cm³/mol. The number of hydrogen-bond acceptors (Lipinski definition) is 3. The number of fused-ring (bicyclic) bond motifs is 4. The highest BCUT2D eigenvalue weighted by atomic mass is 15.2. The van der Waals surface area contributed by atoms with Gasteiger partial charge in [-0.05, 0) is 144 Å². The first kappa shape index (κ1) is 59.8. The average molecular weight is 1170 g/mol. The van der Waals surface area contributed by atoms with E-state index in [4.69, 9.17) is 0 Å². The fourth-order valence-corrected chi connectivity index (χ4v) is 14.6. The molecule has 2 aliphatic heterocycles. The van der Waals surface area contributed by atoms with Crippen molar-refractivity contribution in [1.82, 2.24) is 0 Å². The summed E-state index contributed by atoms with van der Waals surface area (Å²) < 4.78 is 0. The van der Waals surface area contributed by atoms with Crippen LogP contribution in [0.25, 0.3) is 0 Å². The molecule has 0 radical (unpaired) electrons. The molecule has 0 unspecified atom stereocenters. The molecule has 0 saturated carbocycles. The van der Waals surface area contributed by atoms with E-state index in [1.165, 1.54) is 83.4 Å². The topological polar surface area (TPSA) is 9.72 Å². The first-order valence-electron chi connectivity index (χ1n) is 32.4. The summed E-state index contributed by atoms with van der Waals surface area (Å²) in [6.45, 7) is 32.9. The standard InChI is InChI=1S/C86H86BN3/c1-81(2,3)70-39-27-29-41-74(70)90(75-42-30-28-40-71(75)82(4,5)6)69-57-78-80-79(58-69)89(68-51-45-64(46-52-68)84(9,10)60-33-21-16-22-34-60)77-54-48-66(86(13,14)62-37-25-18-26-38-62)56-73(77)87(80)72-55-65(85(11,12)61-35-23-17-24-36-61)47-53-76(72)88(78)67-49-43-63(44-50-67)83(7,8)59-31-19-15-20-32-59/h15-58H,1-14H3. The third-order valence-electron chi connectivity index (χ3n) is 20.3. The van der Waals surface area contributed by atoms with Crippen molar-refractivity contribution in [3.05, 3.63) is 323 Å². The maximum atomic E-state index is 2.61. The maximum Gasteiger partial charge on any atom is 0.252 e. The summed E-state index contributed by atoms with van der Waals surface area (Å²) in [6, 6.07) is 101. The third kappa shape index (κ3) is 10.4. The second-order valence-corrected chi connectivity index (χ2v) is 29.5. The molecule has 0 bridgehead atoms. The molecule has 0 N–H and O–H groups in total. The lowest BCUT2D eigenvalue weighted by atomic mass is 9.33. The fraction of sp³-hybridized carbons (Fsp3) is 0.233. The van der Waals surface area contributed by atoms with Crippen LogP contribution in [0.1, 0.15) is 153 Å². The van der Waals surface area contributed by atoms with Gasteiger partial charge in [0.25, 0.3) is 6.71 Å². The van der Waals surface area contributed by atoms with Crippen LogP contribution in [-0.4, -0.2) is 6.71 Å². The van der Waals surface area contributed by atoms with Gasteiger partial charge in [0.2, 0.25) is 0 Å². The zero-order chi connectivity index (χ0) is 63.1. The third-order valence-corrected chi connectivity index (χ3v) is 20.3. The largest absolute Gasteiger partial charge is 0.311 e. The van der Waals surface area contributed by atoms with Crippen LogP contribution in [0.15, 0.2) is 267 Å². The number of benzene rings is 11. The quantitative estimate of drug-likeness (QED) is 0.107. The molecular weight excluding hydrogens is 1090 g/mol. The molecule has 2 heterocycles. The Bertz CT molecular complexity index is 4130. The normalized spacial score (nSPS) is 13.4. The molecule has 13 rings (SSSR count). The van der Waals surface area contributed by atoms with E-state index in [0.717, 1.165) is 39.8 Å². The van der Waals surface area contributed by atoms with Crippen LogP contribution in [0.5, 0.6) is 0 Å². The number of anilines is 9. The van der Waals surface area contributed by atoms with Crippen molar-refractivity contribution in [2.75, 3.05) is 14.7 Å². The van der Waals surface area contributed by atoms with Gasteiger partial charge in [-0.25, -0.2) is 0 Å². The van der Waals surface area contributed by atoms with Crippen LogP contribution in [0, 0.1) is 0 Å². The van der Waals surface area contributed by atoms with E-state index in [1.54, 1.807) is 0 Å². The van der Waals surface area contributed by atoms with E-state index in [-0.39, 0.29) is 39.2 Å². The van der Waals surface area contributed by atoms with Gasteiger partial charge in [-0.2, -0.15) is 0 Å². The first-order chi connectivity index (χ1) is 43.0. The van der Waals surface area contributed by atoms with Crippen LogP contribution < -0.4 is 31.1 Å². The lowest BCUT2D eigenvalue weighted by Gasteiger charge is -2.46. The van der Waals surface area contributed by atoms with Gasteiger partial charge in [-0.15, -0.1) is 0 Å². The predicted octanol–water partition coefficient (Wildman–Crippen LogP) is 21.1. The van der Waals surface area contributed by atoms with E-state index < -0.39 is 0 Å². The van der Waals surface area contributed by atoms with Crippen LogP contribution in [0.4, 0.5) is 51.2 Å². The van der Waals surface area contributed by atoms with Crippen LogP contribution in [0.2, 0.25) is 0 Å². The summed E-state index contributed by atoms with van der Waals surface area (Å²) in [5, 5.41) is 0. The monoisotopic (exact) mass is 1170 g/mol. The molecule has 2 aliphatic rings. The Morgan fingerprint density at radius 2 is 0.544 bits per heavy atom. The smallest absolute Gasteiger partial charge is 0.252 e. The SMILES string of the molecule is CC(C)(C)c1ccccc1N(c1cc2c3c(c1)N(c1ccc(C(C)(C)c4ccccc4)cc1)c1ccc(C(C)(C)c4ccccc4)cc1B3c1cc(C(C)(C)c3ccccc3)ccc1N2c1ccc(C(C)(C)c2ccccc2)cc1)c1ccccc1C(C)(C)C. The summed E-state index contributed by atoms with van der Waals surface area (Å²) in [7, 11) is 0. The zero-order valence-electron chi connectivity index (χ0n) is 55.3. The minimum atomic E-state index is -0.309. The van der Waals surface area contributed by atoms with E-state index in [1.807, 2.05) is 0 Å². The first-order valence-corrected chi connectivity index (χ1v) is 32.4. The zero-order valence-corrected chi connectivity index (χ0v) is 55.3. The van der Waals surface area contributed by atoms with Gasteiger partial charge in [0.15, 0.2) is 0 Å². The summed E-state index contributed by atoms with van der Waals surface area (Å²) in [6.07, 6.45) is 0. The van der Waals surface area contributed by atoms with E-state index in [2.05, 4.69) is 379 Å². The van der Waals surface area contributed by atoms with Crippen molar-refractivity contribution in [3.8, 4) is 0 Å². The molecule has 11 aromatic rings. The molecule has 0 fully saturated rings. The molecule has 0 aliphatic carbocycles. The van der Waals surface area contributed by atoms with Crippen molar-refractivity contribution in [3.63, 3.8) is 0 Å². The van der Waals surface area contributed by atoms with Crippen LogP contribution in [0.3, 0.4) is 0 Å². The molecule has 0 aromatic heterocycles. The molecule has 4 heteroatoms. The Kier molecular flexibility index (Phi) is 14.9. The Morgan fingerprint density at radius 3 is 0.867 bits per heavy atom. The second-order valence-electron chi connectivity index (χ2n) is 29.5. The van der Waals surface area contributed by atoms with Gasteiger partial charge >= 0.3 is 0 Å². The highest BCUT2D eigenvalue weighted by Crippen LogP contribution is 2.52. The van der Waals surface area contributed by atoms with Gasteiger partial charge < -0.3 is 14.7 Å². The van der Waals surface area contributed by atoms with Gasteiger partial charge in [-0.3, -0.25) is 0 Å². The minimum absolute atomic E-state index is 0.163. The molecular formula is C86H86BN3. The van der Waals surface area contributed by atoms with E-state index >= 15 is 0 Å². The van der Waals surface area contributed by atoms with Gasteiger partial charge in [0, 0.05) is 67.2 Å². The van der Waals surface area contributed by atoms with E-state index in [9.17, 15) is 0 Å². The molecule has 0 saturated heterocycles. The van der Waals surface area contributed by atoms with Crippen molar-refractivity contribution >= 4 is 74.3 Å². The Morgan fingerprint density at radius 1 is 0.267 bits per heavy atom. The molecule has 3 nitrogen and oxygen atoms in total. The Hall–Kier alpha value is -9.12. The minimum Gasteiger partial charge on any atom is -0.311 e.